The molecule has 1 amide bonds. The van der Waals surface area contributed by atoms with E-state index in [1.807, 2.05) is 62.4 Å². The quantitative estimate of drug-likeness (QED) is 0.466. The summed E-state index contributed by atoms with van der Waals surface area (Å²) in [4.78, 5) is 31.3. The van der Waals surface area contributed by atoms with Gasteiger partial charge in [0.2, 0.25) is 5.91 Å². The molecule has 7 heteroatoms. The van der Waals surface area contributed by atoms with Crippen molar-refractivity contribution in [1.82, 2.24) is 9.55 Å². The van der Waals surface area contributed by atoms with E-state index in [9.17, 15) is 9.59 Å². The average Bonchev–Trinajstić information content (AvgIpc) is 3.11. The highest BCUT2D eigenvalue weighted by Gasteiger charge is 2.27. The number of thioether (sulfide) groups is 2. The number of fused-ring (bicyclic) bond motifs is 1. The number of nitrogens with one attached hydrogen (secondary N) is 1. The Bertz CT molecular complexity index is 1160. The van der Waals surface area contributed by atoms with E-state index < -0.39 is 0 Å². The van der Waals surface area contributed by atoms with Gasteiger partial charge in [-0.1, -0.05) is 49.0 Å². The Hall–Kier alpha value is -2.51. The number of rotatable bonds is 5. The third kappa shape index (κ3) is 4.18. The van der Waals surface area contributed by atoms with Gasteiger partial charge in [0.05, 0.1) is 22.0 Å². The number of hydrogen-bond donors (Lipinski definition) is 1. The summed E-state index contributed by atoms with van der Waals surface area (Å²) < 4.78 is 1.62. The Labute approximate surface area is 184 Å². The molecule has 4 rings (SSSR count). The Morgan fingerprint density at radius 1 is 1.20 bits per heavy atom. The van der Waals surface area contributed by atoms with Crippen LogP contribution in [0.1, 0.15) is 23.7 Å². The number of aryl methyl sites for hydroxylation is 1. The van der Waals surface area contributed by atoms with E-state index >= 15 is 0 Å². The minimum Gasteiger partial charge on any atom is -0.325 e. The molecule has 1 aromatic heterocycles. The van der Waals surface area contributed by atoms with Crippen molar-refractivity contribution in [2.24, 2.45) is 0 Å². The largest absolute Gasteiger partial charge is 0.325 e. The predicted octanol–water partition coefficient (Wildman–Crippen LogP) is 4.62. The molecule has 1 aliphatic rings. The second-order valence-electron chi connectivity index (χ2n) is 7.36. The number of anilines is 1. The van der Waals surface area contributed by atoms with Gasteiger partial charge in [-0.2, -0.15) is 0 Å². The van der Waals surface area contributed by atoms with E-state index in [-0.39, 0.29) is 17.2 Å². The average molecular weight is 438 g/mol. The second-order valence-corrected chi connectivity index (χ2v) is 9.75. The van der Waals surface area contributed by atoms with Crippen LogP contribution in [0.2, 0.25) is 0 Å². The highest BCUT2D eigenvalue weighted by Crippen LogP contribution is 2.34. The third-order valence-electron chi connectivity index (χ3n) is 5.11. The van der Waals surface area contributed by atoms with Crippen LogP contribution < -0.4 is 10.9 Å². The SMILES string of the molecule is Cc1cccc(NC(=O)CSc2nc3c(c(=O)n2-c2ccccc2)SC(C)C3)c1C. The lowest BCUT2D eigenvalue weighted by atomic mass is 10.1. The molecule has 1 N–H and O–H groups in total. The molecule has 0 aliphatic carbocycles. The third-order valence-corrected chi connectivity index (χ3v) is 7.26. The van der Waals surface area contributed by atoms with E-state index in [0.717, 1.165) is 39.5 Å². The summed E-state index contributed by atoms with van der Waals surface area (Å²) in [5.41, 5.74) is 4.53. The van der Waals surface area contributed by atoms with Crippen LogP contribution in [-0.2, 0) is 11.2 Å². The predicted molar refractivity (Wildman–Crippen MR) is 124 cm³/mol. The van der Waals surface area contributed by atoms with Gasteiger partial charge in [0.25, 0.3) is 5.56 Å². The zero-order valence-corrected chi connectivity index (χ0v) is 18.8. The molecule has 1 unspecified atom stereocenters. The topological polar surface area (TPSA) is 64.0 Å². The summed E-state index contributed by atoms with van der Waals surface area (Å²) in [6.07, 6.45) is 0.771. The fourth-order valence-electron chi connectivity index (χ4n) is 3.40. The van der Waals surface area contributed by atoms with Crippen molar-refractivity contribution in [1.29, 1.82) is 0 Å². The number of hydrogen-bond acceptors (Lipinski definition) is 5. The van der Waals surface area contributed by atoms with Gasteiger partial charge in [0, 0.05) is 17.4 Å². The summed E-state index contributed by atoms with van der Waals surface area (Å²) in [5.74, 6) is 0.0551. The molecular weight excluding hydrogens is 414 g/mol. The zero-order chi connectivity index (χ0) is 21.3. The van der Waals surface area contributed by atoms with Crippen LogP contribution >= 0.6 is 23.5 Å². The summed E-state index contributed by atoms with van der Waals surface area (Å²) in [5, 5.41) is 3.86. The molecule has 30 heavy (non-hydrogen) atoms. The number of nitrogens with zero attached hydrogens (tertiary/aromatic N) is 2. The maximum absolute atomic E-state index is 13.2. The van der Waals surface area contributed by atoms with Crippen molar-refractivity contribution in [3.8, 4) is 5.69 Å². The van der Waals surface area contributed by atoms with E-state index in [1.54, 1.807) is 16.3 Å². The van der Waals surface area contributed by atoms with Gasteiger partial charge in [-0.15, -0.1) is 11.8 Å². The highest BCUT2D eigenvalue weighted by molar-refractivity contribution is 8.00. The van der Waals surface area contributed by atoms with Gasteiger partial charge in [0.1, 0.15) is 0 Å². The number of para-hydroxylation sites is 1. The van der Waals surface area contributed by atoms with Crippen molar-refractivity contribution >= 4 is 35.1 Å². The van der Waals surface area contributed by atoms with Crippen molar-refractivity contribution in [2.75, 3.05) is 11.1 Å². The fraction of sp³-hybridized carbons (Fsp3) is 0.261. The van der Waals surface area contributed by atoms with Crippen LogP contribution in [0.4, 0.5) is 5.69 Å². The first-order chi connectivity index (χ1) is 14.4. The number of amides is 1. The van der Waals surface area contributed by atoms with Crippen LogP contribution in [0, 0.1) is 13.8 Å². The summed E-state index contributed by atoms with van der Waals surface area (Å²) >= 11 is 2.87. The fourth-order valence-corrected chi connectivity index (χ4v) is 5.33. The lowest BCUT2D eigenvalue weighted by Crippen LogP contribution is -2.24. The van der Waals surface area contributed by atoms with E-state index in [0.29, 0.717) is 10.4 Å². The maximum atomic E-state index is 13.2. The Balaban J connectivity index is 1.62. The lowest BCUT2D eigenvalue weighted by Gasteiger charge is -2.14. The van der Waals surface area contributed by atoms with E-state index in [4.69, 9.17) is 4.98 Å². The normalized spacial score (nSPS) is 15.1. The first-order valence-corrected chi connectivity index (χ1v) is 11.7. The van der Waals surface area contributed by atoms with Crippen LogP contribution in [0.15, 0.2) is 63.4 Å². The number of aromatic nitrogens is 2. The molecule has 5 nitrogen and oxygen atoms in total. The van der Waals surface area contributed by atoms with Crippen molar-refractivity contribution in [3.05, 3.63) is 75.7 Å². The molecule has 154 valence electrons. The number of carbonyl (C=O) groups is 1. The molecule has 0 radical (unpaired) electrons. The lowest BCUT2D eigenvalue weighted by molar-refractivity contribution is -0.113. The zero-order valence-electron chi connectivity index (χ0n) is 17.1. The summed E-state index contributed by atoms with van der Waals surface area (Å²) in [6, 6.07) is 15.3. The van der Waals surface area contributed by atoms with Crippen LogP contribution in [0.3, 0.4) is 0 Å². The monoisotopic (exact) mass is 437 g/mol. The standard InChI is InChI=1S/C23H23N3O2S2/c1-14-8-7-11-18(16(14)3)24-20(27)13-29-23-25-19-12-15(2)30-21(19)22(28)26(23)17-9-5-4-6-10-17/h4-11,15H,12-13H2,1-3H3,(H,24,27). The Morgan fingerprint density at radius 2 is 1.97 bits per heavy atom. The maximum Gasteiger partial charge on any atom is 0.272 e. The minimum atomic E-state index is -0.120. The molecule has 0 saturated heterocycles. The van der Waals surface area contributed by atoms with Crippen molar-refractivity contribution < 1.29 is 4.79 Å². The first-order valence-electron chi connectivity index (χ1n) is 9.81. The highest BCUT2D eigenvalue weighted by atomic mass is 32.2. The van der Waals surface area contributed by atoms with Gasteiger partial charge in [0.15, 0.2) is 5.16 Å². The number of benzene rings is 2. The summed E-state index contributed by atoms with van der Waals surface area (Å²) in [7, 11) is 0. The van der Waals surface area contributed by atoms with Crippen molar-refractivity contribution in [2.45, 2.75) is 42.5 Å². The molecule has 0 saturated carbocycles. The van der Waals surface area contributed by atoms with Crippen LogP contribution in [0.5, 0.6) is 0 Å². The van der Waals surface area contributed by atoms with Gasteiger partial charge >= 0.3 is 0 Å². The molecule has 2 heterocycles. The van der Waals surface area contributed by atoms with Crippen LogP contribution in [0.25, 0.3) is 5.69 Å². The van der Waals surface area contributed by atoms with Crippen LogP contribution in [-0.4, -0.2) is 26.5 Å². The van der Waals surface area contributed by atoms with Crippen molar-refractivity contribution in [3.63, 3.8) is 0 Å². The molecule has 2 aromatic carbocycles. The molecule has 3 aromatic rings. The first kappa shape index (κ1) is 20.8. The van der Waals surface area contributed by atoms with Gasteiger partial charge in [-0.3, -0.25) is 14.2 Å². The molecule has 0 fully saturated rings. The van der Waals surface area contributed by atoms with E-state index in [1.165, 1.54) is 11.8 Å². The summed E-state index contributed by atoms with van der Waals surface area (Å²) in [6.45, 7) is 6.11. The molecule has 1 aliphatic heterocycles. The number of carbonyl (C=O) groups excluding carboxylic acids is 1. The molecular formula is C23H23N3O2S2. The van der Waals surface area contributed by atoms with E-state index in [2.05, 4.69) is 12.2 Å². The Morgan fingerprint density at radius 3 is 2.73 bits per heavy atom. The molecule has 1 atom stereocenters. The van der Waals surface area contributed by atoms with Gasteiger partial charge < -0.3 is 5.32 Å². The second kappa shape index (κ2) is 8.70. The smallest absolute Gasteiger partial charge is 0.272 e. The van der Waals surface area contributed by atoms with Gasteiger partial charge in [-0.25, -0.2) is 4.98 Å². The Kier molecular flexibility index (Phi) is 6.01. The molecule has 0 bridgehead atoms. The van der Waals surface area contributed by atoms with Gasteiger partial charge in [-0.05, 0) is 43.2 Å². The minimum absolute atomic E-state index is 0.0574. The molecule has 0 spiro atoms.